The van der Waals surface area contributed by atoms with Crippen LogP contribution in [0.15, 0.2) is 97.1 Å². The van der Waals surface area contributed by atoms with E-state index in [4.69, 9.17) is 0 Å². The van der Waals surface area contributed by atoms with Gasteiger partial charge < -0.3 is 4.32 Å². The van der Waals surface area contributed by atoms with Crippen LogP contribution in [-0.4, -0.2) is 6.99 Å². The van der Waals surface area contributed by atoms with Crippen LogP contribution >= 0.6 is 0 Å². The number of hydrogen-bond donors (Lipinski definition) is 0. The van der Waals surface area contributed by atoms with Gasteiger partial charge in [-0.1, -0.05) is 84.9 Å². The van der Waals surface area contributed by atoms with Crippen molar-refractivity contribution >= 4 is 17.9 Å². The minimum absolute atomic E-state index is 0.768. The largest absolute Gasteiger partial charge is 0.414 e. The van der Waals surface area contributed by atoms with E-state index in [1.807, 2.05) is 60.7 Å². The van der Waals surface area contributed by atoms with Crippen molar-refractivity contribution in [2.75, 3.05) is 0 Å². The van der Waals surface area contributed by atoms with Gasteiger partial charge in [-0.15, -0.1) is 0 Å². The third kappa shape index (κ3) is 2.38. The highest BCUT2D eigenvalue weighted by Gasteiger charge is 2.33. The normalized spacial score (nSPS) is 12.0. The zero-order valence-corrected chi connectivity index (χ0v) is 14.2. The van der Waals surface area contributed by atoms with Gasteiger partial charge in [0.2, 0.25) is 0 Å². The third-order valence-corrected chi connectivity index (χ3v) is 5.16. The van der Waals surface area contributed by atoms with Gasteiger partial charge in [0.1, 0.15) is 0 Å². The van der Waals surface area contributed by atoms with Crippen molar-refractivity contribution in [3.63, 3.8) is 0 Å². The molecule has 26 heavy (non-hydrogen) atoms. The number of fused-ring (bicyclic) bond motifs is 3. The first-order valence-electron chi connectivity index (χ1n) is 8.84. The highest BCUT2D eigenvalue weighted by Crippen LogP contribution is 2.31. The fourth-order valence-corrected chi connectivity index (χ4v) is 3.81. The lowest BCUT2D eigenvalue weighted by atomic mass is 9.62. The van der Waals surface area contributed by atoms with E-state index in [0.717, 1.165) is 44.3 Å². The van der Waals surface area contributed by atoms with E-state index in [0.29, 0.717) is 0 Å². The van der Waals surface area contributed by atoms with Crippen LogP contribution < -0.4 is 10.9 Å². The molecule has 0 aromatic heterocycles. The lowest BCUT2D eigenvalue weighted by molar-refractivity contribution is 0.867. The zero-order chi connectivity index (χ0) is 17.5. The minimum atomic E-state index is -1.05. The van der Waals surface area contributed by atoms with E-state index < -0.39 is 6.99 Å². The average molecular weight is 334 g/mol. The van der Waals surface area contributed by atoms with Crippen LogP contribution in [0.25, 0.3) is 33.4 Å². The van der Waals surface area contributed by atoms with Gasteiger partial charge in [0.05, 0.1) is 0 Å². The molecule has 5 rings (SSSR count). The standard InChI is InChI=1S/C24H16BF/c26-25-23-13-11-19(17-7-3-1-4-8-17)15-21(23)22-16-20(12-14-24(22)25)18-9-5-2-6-10-18/h1-16H. The van der Waals surface area contributed by atoms with Crippen molar-refractivity contribution < 1.29 is 4.32 Å². The molecule has 0 atom stereocenters. The third-order valence-electron chi connectivity index (χ3n) is 5.16. The highest BCUT2D eigenvalue weighted by molar-refractivity contribution is 6.84. The average Bonchev–Trinajstić information content (AvgIpc) is 3.01. The summed E-state index contributed by atoms with van der Waals surface area (Å²) >= 11 is 0. The first kappa shape index (κ1) is 15.2. The fourth-order valence-electron chi connectivity index (χ4n) is 3.81. The Morgan fingerprint density at radius 2 is 0.885 bits per heavy atom. The molecule has 0 nitrogen and oxygen atoms in total. The molecule has 0 radical (unpaired) electrons. The Hall–Kier alpha value is -3.13. The molecule has 0 amide bonds. The molecule has 0 bridgehead atoms. The number of halogens is 1. The molecule has 0 saturated carbocycles. The Labute approximate surface area is 153 Å². The van der Waals surface area contributed by atoms with Gasteiger partial charge in [-0.3, -0.25) is 0 Å². The lowest BCUT2D eigenvalue weighted by Crippen LogP contribution is -2.33. The van der Waals surface area contributed by atoms with E-state index in [1.54, 1.807) is 0 Å². The van der Waals surface area contributed by atoms with E-state index >= 15 is 0 Å². The first-order chi connectivity index (χ1) is 12.8. The van der Waals surface area contributed by atoms with Crippen LogP contribution in [0.1, 0.15) is 0 Å². The lowest BCUT2D eigenvalue weighted by Gasteiger charge is -2.08. The molecule has 0 aliphatic carbocycles. The number of hydrogen-bond acceptors (Lipinski definition) is 0. The van der Waals surface area contributed by atoms with Crippen molar-refractivity contribution in [1.29, 1.82) is 0 Å². The summed E-state index contributed by atoms with van der Waals surface area (Å²) in [6.07, 6.45) is 0. The van der Waals surface area contributed by atoms with Crippen molar-refractivity contribution in [2.24, 2.45) is 0 Å². The summed E-state index contributed by atoms with van der Waals surface area (Å²) in [6.45, 7) is -1.05. The van der Waals surface area contributed by atoms with Crippen LogP contribution in [-0.2, 0) is 0 Å². The summed E-state index contributed by atoms with van der Waals surface area (Å²) in [5.41, 5.74) is 8.09. The number of rotatable bonds is 2. The molecule has 2 heteroatoms. The SMILES string of the molecule is FB1c2ccc(-c3ccccc3)cc2-c2cc(-c3ccccc3)ccc21. The molecule has 0 fully saturated rings. The quantitative estimate of drug-likeness (QED) is 0.449. The Morgan fingerprint density at radius 1 is 0.462 bits per heavy atom. The smallest absolute Gasteiger partial charge is 0.322 e. The minimum Gasteiger partial charge on any atom is -0.322 e. The van der Waals surface area contributed by atoms with Gasteiger partial charge in [0, 0.05) is 0 Å². The maximum absolute atomic E-state index is 15.0. The van der Waals surface area contributed by atoms with Crippen molar-refractivity contribution in [2.45, 2.75) is 0 Å². The highest BCUT2D eigenvalue weighted by atomic mass is 19.1. The molecule has 1 heterocycles. The molecule has 1 aliphatic rings. The number of benzene rings is 4. The molecule has 1 aliphatic heterocycles. The van der Waals surface area contributed by atoms with Gasteiger partial charge >= 0.3 is 6.99 Å². The second-order valence-electron chi connectivity index (χ2n) is 6.70. The summed E-state index contributed by atoms with van der Waals surface area (Å²) < 4.78 is 15.0. The van der Waals surface area contributed by atoms with Gasteiger partial charge in [-0.2, -0.15) is 0 Å². The van der Waals surface area contributed by atoms with Crippen LogP contribution in [0, 0.1) is 0 Å². The molecule has 0 saturated heterocycles. The molecule has 4 aromatic carbocycles. The summed E-state index contributed by atoms with van der Waals surface area (Å²) in [5, 5.41) is 0. The van der Waals surface area contributed by atoms with E-state index in [9.17, 15) is 4.32 Å². The van der Waals surface area contributed by atoms with Crippen LogP contribution in [0.5, 0.6) is 0 Å². The molecular formula is C24H16BF. The van der Waals surface area contributed by atoms with E-state index in [-0.39, 0.29) is 0 Å². The predicted molar refractivity (Wildman–Crippen MR) is 109 cm³/mol. The Bertz CT molecular complexity index is 999. The fraction of sp³-hybridized carbons (Fsp3) is 0. The van der Waals surface area contributed by atoms with Crippen LogP contribution in [0.3, 0.4) is 0 Å². The summed E-state index contributed by atoms with van der Waals surface area (Å²) in [6, 6.07) is 32.6. The topological polar surface area (TPSA) is 0 Å². The Balaban J connectivity index is 1.67. The van der Waals surface area contributed by atoms with Crippen molar-refractivity contribution in [1.82, 2.24) is 0 Å². The van der Waals surface area contributed by atoms with E-state index in [2.05, 4.69) is 36.4 Å². The summed E-state index contributed by atoms with van der Waals surface area (Å²) in [7, 11) is 0. The predicted octanol–water partition coefficient (Wildman–Crippen LogP) is 5.08. The maximum atomic E-state index is 15.0. The maximum Gasteiger partial charge on any atom is 0.414 e. The Morgan fingerprint density at radius 3 is 1.31 bits per heavy atom. The van der Waals surface area contributed by atoms with Crippen LogP contribution in [0.4, 0.5) is 4.32 Å². The second kappa shape index (κ2) is 6.00. The molecule has 0 N–H and O–H groups in total. The zero-order valence-electron chi connectivity index (χ0n) is 14.2. The van der Waals surface area contributed by atoms with Gasteiger partial charge in [0.25, 0.3) is 0 Å². The molecular weight excluding hydrogens is 318 g/mol. The van der Waals surface area contributed by atoms with Gasteiger partial charge in [-0.05, 0) is 56.4 Å². The van der Waals surface area contributed by atoms with E-state index in [1.165, 1.54) is 0 Å². The monoisotopic (exact) mass is 334 g/mol. The first-order valence-corrected chi connectivity index (χ1v) is 8.84. The summed E-state index contributed by atoms with van der Waals surface area (Å²) in [5.74, 6) is 0. The van der Waals surface area contributed by atoms with Gasteiger partial charge in [0.15, 0.2) is 0 Å². The molecule has 4 aromatic rings. The second-order valence-corrected chi connectivity index (χ2v) is 6.70. The van der Waals surface area contributed by atoms with Crippen LogP contribution in [0.2, 0.25) is 0 Å². The molecule has 0 spiro atoms. The Kier molecular flexibility index (Phi) is 3.49. The molecule has 0 unspecified atom stereocenters. The van der Waals surface area contributed by atoms with Crippen molar-refractivity contribution in [3.05, 3.63) is 97.1 Å². The van der Waals surface area contributed by atoms with Gasteiger partial charge in [-0.25, -0.2) is 0 Å². The van der Waals surface area contributed by atoms with Crippen molar-refractivity contribution in [3.8, 4) is 33.4 Å². The summed E-state index contributed by atoms with van der Waals surface area (Å²) in [4.78, 5) is 0. The molecule has 122 valence electrons.